The molecule has 0 saturated carbocycles. The Bertz CT molecular complexity index is 771. The second-order valence-electron chi connectivity index (χ2n) is 4.24. The predicted octanol–water partition coefficient (Wildman–Crippen LogP) is -27.4. The van der Waals surface area contributed by atoms with Crippen LogP contribution in [0.15, 0.2) is 0 Å². The standard InChI is InChI=1S/5Na.15H2O3Si.5H/c;;;;;15*1-4(2)3;;;;;/h;;;;;15*1-2H;;;;;. The summed E-state index contributed by atoms with van der Waals surface area (Å²) in [6.45, 7) is 0. The average molecular weight is 1290 g/mol. The molecule has 0 rings (SSSR count). The molecule has 0 heterocycles. The van der Waals surface area contributed by atoms with Crippen LogP contribution in [0, 0.1) is 0 Å². The van der Waals surface area contributed by atoms with Gasteiger partial charge in [-0.3, -0.25) is 66.9 Å². The van der Waals surface area contributed by atoms with E-state index >= 15 is 0 Å². The number of rotatable bonds is 0. The first-order valence-corrected chi connectivity index (χ1v) is 29.3. The van der Waals surface area contributed by atoms with Gasteiger partial charge in [-0.05, 0) is 0 Å². The first kappa shape index (κ1) is 131. The molecule has 0 amide bonds. The SMILES string of the molecule is O=[Si](O)O.O=[Si](O)O.O=[Si](O)O.O=[Si](O)O.O=[Si](O)O.O=[Si](O)O.O=[Si](O)O.O=[Si](O)O.O=[Si](O)O.O=[Si](O)O.O=[Si](O)O.O=[Si](O)O.O=[Si](O)O.O=[Si](O)O.O=[Si](O)O.[NaH].[NaH].[NaH].[NaH].[NaH]. The van der Waals surface area contributed by atoms with Crippen molar-refractivity contribution in [3.05, 3.63) is 0 Å². The van der Waals surface area contributed by atoms with E-state index in [1.807, 2.05) is 0 Å². The topological polar surface area (TPSA) is 863 Å². The van der Waals surface area contributed by atoms with Crippen LogP contribution in [-0.2, 0) is 66.9 Å². The molecule has 65 heavy (non-hydrogen) atoms. The number of hydrogen-bond acceptors (Lipinski definition) is 15. The fourth-order valence-electron chi connectivity index (χ4n) is 0. The van der Waals surface area contributed by atoms with Crippen LogP contribution in [0.25, 0.3) is 0 Å². The van der Waals surface area contributed by atoms with E-state index in [4.69, 9.17) is 211 Å². The summed E-state index contributed by atoms with van der Waals surface area (Å²) in [5, 5.41) is 0. The molecule has 0 aliphatic carbocycles. The molecule has 0 fully saturated rings. The van der Waals surface area contributed by atoms with Crippen LogP contribution in [0.1, 0.15) is 0 Å². The molecule has 30 N–H and O–H groups in total. The Morgan fingerprint density at radius 3 is 0.108 bits per heavy atom. The van der Waals surface area contributed by atoms with E-state index in [1.54, 1.807) is 0 Å². The molecule has 0 aromatic heterocycles. The monoisotopic (exact) mass is 1290 g/mol. The molecule has 0 radical (unpaired) electrons. The first-order valence-electron chi connectivity index (χ1n) is 9.77. The third-order valence-corrected chi connectivity index (χ3v) is 0. The van der Waals surface area contributed by atoms with Gasteiger partial charge in [0.1, 0.15) is 0 Å². The van der Waals surface area contributed by atoms with Gasteiger partial charge in [-0.2, -0.15) is 0 Å². The summed E-state index contributed by atoms with van der Waals surface area (Å²) in [6, 6.07) is 0. The van der Waals surface area contributed by atoms with E-state index in [9.17, 15) is 0 Å². The molecule has 0 unspecified atom stereocenters. The summed E-state index contributed by atoms with van der Waals surface area (Å²) in [5.41, 5.74) is 0. The van der Waals surface area contributed by atoms with Crippen LogP contribution in [0.4, 0.5) is 0 Å². The van der Waals surface area contributed by atoms with Gasteiger partial charge in [0.25, 0.3) is 0 Å². The van der Waals surface area contributed by atoms with Gasteiger partial charge in [0, 0.05) is 0 Å². The van der Waals surface area contributed by atoms with Crippen molar-refractivity contribution in [1.82, 2.24) is 0 Å². The molecule has 0 spiro atoms. The minimum atomic E-state index is -3.13. The van der Waals surface area contributed by atoms with Crippen molar-refractivity contribution in [1.29, 1.82) is 0 Å². The van der Waals surface area contributed by atoms with Gasteiger partial charge in [0.15, 0.2) is 0 Å². The second-order valence-corrected chi connectivity index (χ2v) is 12.7. The van der Waals surface area contributed by atoms with Crippen LogP contribution < -0.4 is 0 Å². The molecule has 65 heteroatoms. The molecule has 0 aliphatic rings. The third-order valence-electron chi connectivity index (χ3n) is 0. The van der Waals surface area contributed by atoms with Crippen LogP contribution in [0.3, 0.4) is 0 Å². The van der Waals surface area contributed by atoms with Gasteiger partial charge < -0.3 is 144 Å². The Morgan fingerprint density at radius 1 is 0.108 bits per heavy atom. The van der Waals surface area contributed by atoms with E-state index in [0.29, 0.717) is 0 Å². The number of hydrogen-bond donors (Lipinski definition) is 30. The normalized spacial score (nSPS) is 5.54. The Morgan fingerprint density at radius 2 is 0.108 bits per heavy atom. The molecule has 0 aromatic rings. The van der Waals surface area contributed by atoms with E-state index in [1.165, 1.54) is 0 Å². The summed E-state index contributed by atoms with van der Waals surface area (Å²) < 4.78 is 131. The first-order chi connectivity index (χ1) is 26.0. The molecule has 0 aromatic carbocycles. The summed E-state index contributed by atoms with van der Waals surface area (Å²) >= 11 is 0. The Balaban J connectivity index is -0.0000000184. The van der Waals surface area contributed by atoms with E-state index in [2.05, 4.69) is 0 Å². The molecule has 370 valence electrons. The molecule has 0 bridgehead atoms. The molecule has 45 nitrogen and oxygen atoms in total. The van der Waals surface area contributed by atoms with Crippen molar-refractivity contribution in [2.45, 2.75) is 0 Å². The van der Waals surface area contributed by atoms with E-state index in [0.717, 1.165) is 0 Å². The predicted molar refractivity (Wildman–Crippen MR) is 199 cm³/mol. The summed E-state index contributed by atoms with van der Waals surface area (Å²) in [7, 11) is -46.9. The Kier molecular flexibility index (Phi) is 253. The molecular weight excluding hydrogens is 1260 g/mol. The van der Waals surface area contributed by atoms with Crippen molar-refractivity contribution >= 4 is 285 Å². The molecule has 0 atom stereocenters. The van der Waals surface area contributed by atoms with Gasteiger partial charge in [0.05, 0.1) is 0 Å². The van der Waals surface area contributed by atoms with E-state index < -0.39 is 138 Å². The average Bonchev–Trinajstić information content (AvgIpc) is 2.78. The third kappa shape index (κ3) is 426000. The van der Waals surface area contributed by atoms with Gasteiger partial charge in [0.2, 0.25) is 0 Å². The molecule has 0 aliphatic heterocycles. The summed E-state index contributed by atoms with van der Waals surface area (Å²) in [5.74, 6) is 0. The van der Waals surface area contributed by atoms with Crippen molar-refractivity contribution < 1.29 is 211 Å². The minimum absolute atomic E-state index is 0. The zero-order valence-corrected chi connectivity index (χ0v) is 42.0. The quantitative estimate of drug-likeness (QED) is 0.100. The second kappa shape index (κ2) is 125. The maximum atomic E-state index is 8.74. The van der Waals surface area contributed by atoms with Crippen molar-refractivity contribution in [2.24, 2.45) is 0 Å². The van der Waals surface area contributed by atoms with Crippen molar-refractivity contribution in [3.63, 3.8) is 0 Å². The van der Waals surface area contributed by atoms with Crippen molar-refractivity contribution in [2.75, 3.05) is 0 Å². The molecular formula is H35Na5O45Si15. The Hall–Kier alpha value is -0.747. The summed E-state index contributed by atoms with van der Waals surface area (Å²) in [6.07, 6.45) is 0. The van der Waals surface area contributed by atoms with Gasteiger partial charge in [-0.25, -0.2) is 0 Å². The summed E-state index contributed by atoms with van der Waals surface area (Å²) in [4.78, 5) is 215. The van der Waals surface area contributed by atoms with Gasteiger partial charge >= 0.3 is 285 Å². The fraction of sp³-hybridized carbons (Fsp3) is 0. The zero-order valence-electron chi connectivity index (χ0n) is 27.0. The van der Waals surface area contributed by atoms with Crippen LogP contribution in [0.5, 0.6) is 0 Å². The van der Waals surface area contributed by atoms with Gasteiger partial charge in [-0.15, -0.1) is 0 Å². The molecule has 0 saturated heterocycles. The maximum absolute atomic E-state index is 8.74. The van der Waals surface area contributed by atoms with Crippen LogP contribution in [0.2, 0.25) is 0 Å². The van der Waals surface area contributed by atoms with Crippen LogP contribution >= 0.6 is 0 Å². The van der Waals surface area contributed by atoms with Crippen LogP contribution in [-0.4, -0.2) is 429 Å². The van der Waals surface area contributed by atoms with Gasteiger partial charge in [-0.1, -0.05) is 0 Å². The Labute approximate surface area is 489 Å². The van der Waals surface area contributed by atoms with Crippen molar-refractivity contribution in [3.8, 4) is 0 Å². The van der Waals surface area contributed by atoms with E-state index in [-0.39, 0.29) is 148 Å². The fourth-order valence-corrected chi connectivity index (χ4v) is 0. The zero-order chi connectivity index (χ0) is 53.7.